The molecule has 1 aliphatic heterocycles. The van der Waals surface area contributed by atoms with E-state index in [0.717, 1.165) is 5.69 Å². The second kappa shape index (κ2) is 2.23. The third kappa shape index (κ3) is 1.09. The number of fused-ring (bicyclic) bond motifs is 1. The van der Waals surface area contributed by atoms with E-state index in [9.17, 15) is 4.39 Å². The largest absolute Gasteiger partial charge is 0.348 e. The van der Waals surface area contributed by atoms with E-state index in [0.29, 0.717) is 17.1 Å². The van der Waals surface area contributed by atoms with Gasteiger partial charge in [-0.25, -0.2) is 4.98 Å². The van der Waals surface area contributed by atoms with Crippen molar-refractivity contribution in [3.63, 3.8) is 0 Å². The maximum atomic E-state index is 12.5. The third-order valence-corrected chi connectivity index (χ3v) is 1.79. The lowest BCUT2D eigenvalue weighted by Crippen LogP contribution is -2.00. The smallest absolute Gasteiger partial charge is 0.213 e. The Bertz CT molecular complexity index is 324. The van der Waals surface area contributed by atoms with E-state index in [1.165, 1.54) is 6.07 Å². The molecule has 0 saturated carbocycles. The van der Waals surface area contributed by atoms with Crippen LogP contribution in [0, 0.1) is 5.95 Å². The Hall–Kier alpha value is -1.03. The number of nitrogens with zero attached hydrogens (tertiary/aromatic N) is 1. The van der Waals surface area contributed by atoms with Gasteiger partial charge < -0.3 is 5.32 Å². The third-order valence-electron chi connectivity index (χ3n) is 1.54. The molecular formula is C7H5FN2S. The molecule has 1 aromatic rings. The van der Waals surface area contributed by atoms with Gasteiger partial charge in [0.1, 0.15) is 0 Å². The molecule has 2 rings (SSSR count). The molecule has 56 valence electrons. The molecule has 0 amide bonds. The Balaban J connectivity index is 2.51. The van der Waals surface area contributed by atoms with Crippen LogP contribution in [0.5, 0.6) is 0 Å². The molecule has 11 heavy (non-hydrogen) atoms. The average Bonchev–Trinajstić information content (AvgIpc) is 2.27. The van der Waals surface area contributed by atoms with Gasteiger partial charge in [0.2, 0.25) is 5.95 Å². The van der Waals surface area contributed by atoms with Gasteiger partial charge in [0.15, 0.2) is 0 Å². The van der Waals surface area contributed by atoms with Crippen molar-refractivity contribution in [3.8, 4) is 0 Å². The predicted octanol–water partition coefficient (Wildman–Crippen LogP) is 1.52. The lowest BCUT2D eigenvalue weighted by Gasteiger charge is -1.95. The molecule has 2 heterocycles. The number of aromatic nitrogens is 1. The van der Waals surface area contributed by atoms with E-state index in [2.05, 4.69) is 10.3 Å². The minimum Gasteiger partial charge on any atom is -0.348 e. The minimum atomic E-state index is -0.449. The molecule has 0 fully saturated rings. The number of halogens is 1. The fraction of sp³-hybridized carbons (Fsp3) is 0.143. The van der Waals surface area contributed by atoms with Crippen LogP contribution in [-0.4, -0.2) is 9.97 Å². The molecule has 0 atom stereocenters. The van der Waals surface area contributed by atoms with Crippen molar-refractivity contribution in [3.05, 3.63) is 23.8 Å². The molecule has 0 bridgehead atoms. The van der Waals surface area contributed by atoms with Crippen molar-refractivity contribution in [1.29, 1.82) is 0 Å². The van der Waals surface area contributed by atoms with Gasteiger partial charge >= 0.3 is 0 Å². The maximum absolute atomic E-state index is 12.5. The summed E-state index contributed by atoms with van der Waals surface area (Å²) < 4.78 is 12.5. The van der Waals surface area contributed by atoms with Crippen LogP contribution >= 0.6 is 12.2 Å². The lowest BCUT2D eigenvalue weighted by molar-refractivity contribution is 0.580. The summed E-state index contributed by atoms with van der Waals surface area (Å²) in [6.45, 7) is 0. The highest BCUT2D eigenvalue weighted by Crippen LogP contribution is 2.20. The van der Waals surface area contributed by atoms with Crippen LogP contribution < -0.4 is 5.32 Å². The Morgan fingerprint density at radius 3 is 3.18 bits per heavy atom. The molecule has 0 radical (unpaired) electrons. The number of hydrogen-bond donors (Lipinski definition) is 1. The van der Waals surface area contributed by atoms with Gasteiger partial charge in [0.05, 0.1) is 16.4 Å². The summed E-state index contributed by atoms with van der Waals surface area (Å²) in [6.07, 6.45) is 0.558. The molecule has 4 heteroatoms. The highest BCUT2D eigenvalue weighted by atomic mass is 32.1. The number of nitrogens with one attached hydrogen (secondary N) is 1. The van der Waals surface area contributed by atoms with E-state index in [-0.39, 0.29) is 0 Å². The molecule has 2 nitrogen and oxygen atoms in total. The zero-order chi connectivity index (χ0) is 7.84. The van der Waals surface area contributed by atoms with Crippen LogP contribution in [0.1, 0.15) is 5.69 Å². The van der Waals surface area contributed by atoms with Gasteiger partial charge in [-0.05, 0) is 12.1 Å². The Kier molecular flexibility index (Phi) is 1.35. The van der Waals surface area contributed by atoms with Crippen molar-refractivity contribution >= 4 is 22.9 Å². The van der Waals surface area contributed by atoms with Crippen LogP contribution in [0.4, 0.5) is 10.1 Å². The predicted molar refractivity (Wildman–Crippen MR) is 44.1 cm³/mol. The molecular weight excluding hydrogens is 163 g/mol. The summed E-state index contributed by atoms with van der Waals surface area (Å²) in [7, 11) is 0. The first kappa shape index (κ1) is 6.67. The number of hydrogen-bond acceptors (Lipinski definition) is 2. The number of pyridine rings is 1. The van der Waals surface area contributed by atoms with Crippen molar-refractivity contribution in [2.24, 2.45) is 0 Å². The Labute approximate surface area is 68.4 Å². The molecule has 0 aliphatic carbocycles. The van der Waals surface area contributed by atoms with Gasteiger partial charge in [-0.15, -0.1) is 0 Å². The summed E-state index contributed by atoms with van der Waals surface area (Å²) in [6, 6.07) is 2.97. The molecule has 0 saturated heterocycles. The highest BCUT2D eigenvalue weighted by Gasteiger charge is 2.15. The zero-order valence-electron chi connectivity index (χ0n) is 5.60. The first-order chi connectivity index (χ1) is 5.25. The van der Waals surface area contributed by atoms with Crippen molar-refractivity contribution < 1.29 is 4.39 Å². The van der Waals surface area contributed by atoms with Crippen LogP contribution in [0.2, 0.25) is 0 Å². The normalized spacial score (nSPS) is 14.5. The molecule has 1 aliphatic rings. The summed E-state index contributed by atoms with van der Waals surface area (Å²) in [5, 5.41) is 2.93. The number of anilines is 1. The van der Waals surface area contributed by atoms with Crippen molar-refractivity contribution in [2.45, 2.75) is 6.42 Å². The first-order valence-corrected chi connectivity index (χ1v) is 3.62. The fourth-order valence-electron chi connectivity index (χ4n) is 1.07. The number of rotatable bonds is 0. The molecule has 0 unspecified atom stereocenters. The maximum Gasteiger partial charge on any atom is 0.213 e. The molecule has 0 spiro atoms. The van der Waals surface area contributed by atoms with Crippen LogP contribution in [-0.2, 0) is 6.42 Å². The topological polar surface area (TPSA) is 24.9 Å². The lowest BCUT2D eigenvalue weighted by atomic mass is 10.3. The minimum absolute atomic E-state index is 0.449. The fourth-order valence-corrected chi connectivity index (χ4v) is 1.32. The van der Waals surface area contributed by atoms with E-state index in [1.807, 2.05) is 0 Å². The van der Waals surface area contributed by atoms with E-state index < -0.39 is 5.95 Å². The van der Waals surface area contributed by atoms with Crippen LogP contribution in [0.25, 0.3) is 0 Å². The van der Waals surface area contributed by atoms with Crippen molar-refractivity contribution in [2.75, 3.05) is 5.32 Å². The van der Waals surface area contributed by atoms with Gasteiger partial charge in [0.25, 0.3) is 0 Å². The average molecular weight is 168 g/mol. The van der Waals surface area contributed by atoms with Gasteiger partial charge in [-0.2, -0.15) is 4.39 Å². The van der Waals surface area contributed by atoms with E-state index in [4.69, 9.17) is 12.2 Å². The second-order valence-corrected chi connectivity index (χ2v) is 2.85. The van der Waals surface area contributed by atoms with Crippen LogP contribution in [0.15, 0.2) is 12.1 Å². The quantitative estimate of drug-likeness (QED) is 0.469. The van der Waals surface area contributed by atoms with Gasteiger partial charge in [-0.1, -0.05) is 12.2 Å². The van der Waals surface area contributed by atoms with E-state index >= 15 is 0 Å². The summed E-state index contributed by atoms with van der Waals surface area (Å²) in [5.74, 6) is -0.449. The summed E-state index contributed by atoms with van der Waals surface area (Å²) in [4.78, 5) is 4.39. The standard InChI is InChI=1S/C7H5FN2S/c8-6-2-1-4-5(9-6)3-7(11)10-4/h1-2H,3H2,(H,10,11). The second-order valence-electron chi connectivity index (χ2n) is 2.35. The highest BCUT2D eigenvalue weighted by molar-refractivity contribution is 7.80. The zero-order valence-corrected chi connectivity index (χ0v) is 6.41. The van der Waals surface area contributed by atoms with E-state index in [1.54, 1.807) is 6.07 Å². The SMILES string of the molecule is Fc1ccc2c(n1)CC(=S)N2. The summed E-state index contributed by atoms with van der Waals surface area (Å²) in [5.41, 5.74) is 1.53. The Morgan fingerprint density at radius 1 is 1.55 bits per heavy atom. The Morgan fingerprint density at radius 2 is 2.36 bits per heavy atom. The van der Waals surface area contributed by atoms with Gasteiger partial charge in [0, 0.05) is 6.42 Å². The monoisotopic (exact) mass is 168 g/mol. The van der Waals surface area contributed by atoms with Gasteiger partial charge in [-0.3, -0.25) is 0 Å². The molecule has 1 aromatic heterocycles. The van der Waals surface area contributed by atoms with Crippen molar-refractivity contribution in [1.82, 2.24) is 4.98 Å². The summed E-state index contributed by atoms with van der Waals surface area (Å²) >= 11 is 4.89. The van der Waals surface area contributed by atoms with Crippen LogP contribution in [0.3, 0.4) is 0 Å². The molecule has 0 aromatic carbocycles. The number of thiocarbonyl (C=S) groups is 1. The first-order valence-electron chi connectivity index (χ1n) is 3.21. The molecule has 1 N–H and O–H groups in total.